The lowest BCUT2D eigenvalue weighted by atomic mass is 10.0. The largest absolute Gasteiger partial charge is 0.493 e. The number of fused-ring (bicyclic) bond motifs is 1. The van der Waals surface area contributed by atoms with Gasteiger partial charge in [-0.3, -0.25) is 4.79 Å². The Kier molecular flexibility index (Phi) is 7.37. The minimum absolute atomic E-state index is 0.162. The van der Waals surface area contributed by atoms with E-state index in [2.05, 4.69) is 22.4 Å². The molecule has 0 aliphatic rings. The van der Waals surface area contributed by atoms with Gasteiger partial charge in [-0.15, -0.1) is 11.8 Å². The Morgan fingerprint density at radius 3 is 2.70 bits per heavy atom. The third-order valence-electron chi connectivity index (χ3n) is 5.64. The van der Waals surface area contributed by atoms with Crippen LogP contribution >= 0.6 is 11.8 Å². The highest BCUT2D eigenvalue weighted by atomic mass is 32.2. The van der Waals surface area contributed by atoms with Gasteiger partial charge in [-0.05, 0) is 60.6 Å². The third-order valence-corrected chi connectivity index (χ3v) is 6.43. The molecule has 33 heavy (non-hydrogen) atoms. The van der Waals surface area contributed by atoms with Gasteiger partial charge in [-0.25, -0.2) is 0 Å². The number of benzene rings is 3. The summed E-state index contributed by atoms with van der Waals surface area (Å²) in [5, 5.41) is 14.1. The molecule has 3 N–H and O–H groups in total. The molecule has 5 nitrogen and oxygen atoms in total. The van der Waals surface area contributed by atoms with E-state index in [1.165, 1.54) is 0 Å². The van der Waals surface area contributed by atoms with Crippen molar-refractivity contribution in [3.8, 4) is 16.9 Å². The second-order valence-corrected chi connectivity index (χ2v) is 8.61. The third kappa shape index (κ3) is 5.07. The lowest BCUT2D eigenvalue weighted by Gasteiger charge is -2.18. The van der Waals surface area contributed by atoms with Crippen molar-refractivity contribution in [1.82, 2.24) is 10.3 Å². The van der Waals surface area contributed by atoms with Gasteiger partial charge in [0.1, 0.15) is 5.75 Å². The van der Waals surface area contributed by atoms with Gasteiger partial charge in [0.2, 0.25) is 0 Å². The number of hydrogen-bond acceptors (Lipinski definition) is 4. The number of para-hydroxylation sites is 1. The maximum atomic E-state index is 13.3. The van der Waals surface area contributed by atoms with E-state index in [4.69, 9.17) is 4.74 Å². The first-order valence-electron chi connectivity index (χ1n) is 11.0. The number of amides is 1. The second-order valence-electron chi connectivity index (χ2n) is 7.76. The van der Waals surface area contributed by atoms with E-state index in [1.54, 1.807) is 11.8 Å². The van der Waals surface area contributed by atoms with Crippen LogP contribution < -0.4 is 10.1 Å². The Morgan fingerprint density at radius 2 is 1.91 bits per heavy atom. The number of aromatic amines is 1. The van der Waals surface area contributed by atoms with Gasteiger partial charge in [-0.2, -0.15) is 0 Å². The maximum Gasteiger partial charge on any atom is 0.255 e. The van der Waals surface area contributed by atoms with Crippen molar-refractivity contribution < 1.29 is 14.6 Å². The number of H-pyrrole nitrogens is 1. The Bertz CT molecular complexity index is 1250. The number of nitrogens with one attached hydrogen (secondary N) is 2. The van der Waals surface area contributed by atoms with Crippen molar-refractivity contribution >= 4 is 28.6 Å². The summed E-state index contributed by atoms with van der Waals surface area (Å²) in [6.07, 6.45) is 4.49. The van der Waals surface area contributed by atoms with Gasteiger partial charge in [0.15, 0.2) is 0 Å². The van der Waals surface area contributed by atoms with Crippen LogP contribution in [0.5, 0.6) is 5.75 Å². The van der Waals surface area contributed by atoms with Gasteiger partial charge in [0, 0.05) is 22.0 Å². The average molecular weight is 461 g/mol. The van der Waals surface area contributed by atoms with Gasteiger partial charge in [0.05, 0.1) is 24.8 Å². The van der Waals surface area contributed by atoms with Crippen LogP contribution in [0, 0.1) is 0 Å². The normalized spacial score (nSPS) is 12.0. The molecule has 0 spiro atoms. The molecular weight excluding hydrogens is 432 g/mol. The average Bonchev–Trinajstić information content (AvgIpc) is 3.26. The number of carbonyl (C=O) groups is 1. The molecule has 1 unspecified atom stereocenters. The molecule has 1 atom stereocenters. The van der Waals surface area contributed by atoms with Gasteiger partial charge in [0.25, 0.3) is 5.91 Å². The highest BCUT2D eigenvalue weighted by Gasteiger charge is 2.20. The van der Waals surface area contributed by atoms with Crippen molar-refractivity contribution in [2.24, 2.45) is 0 Å². The molecule has 4 aromatic rings. The van der Waals surface area contributed by atoms with E-state index in [0.29, 0.717) is 24.3 Å². The molecule has 1 heterocycles. The van der Waals surface area contributed by atoms with Crippen molar-refractivity contribution in [2.45, 2.75) is 24.3 Å². The summed E-state index contributed by atoms with van der Waals surface area (Å²) in [5.74, 6) is 0.269. The lowest BCUT2D eigenvalue weighted by molar-refractivity contribution is 0.0913. The summed E-state index contributed by atoms with van der Waals surface area (Å²) >= 11 is 1.67. The molecular formula is C27H28N2O3S. The highest BCUT2D eigenvalue weighted by molar-refractivity contribution is 7.98. The summed E-state index contributed by atoms with van der Waals surface area (Å²) in [6.45, 7) is 2.19. The van der Waals surface area contributed by atoms with Crippen LogP contribution in [-0.4, -0.2) is 41.5 Å². The first kappa shape index (κ1) is 23.0. The van der Waals surface area contributed by atoms with Crippen molar-refractivity contribution in [3.05, 3.63) is 84.1 Å². The smallest absolute Gasteiger partial charge is 0.255 e. The SMILES string of the molecule is CCOc1ccc(-c2ccccc2SC)cc1C(=O)NC(CO)Cc1c[nH]c2ccccc12. The van der Waals surface area contributed by atoms with Crippen LogP contribution in [0.3, 0.4) is 0 Å². The van der Waals surface area contributed by atoms with Crippen LogP contribution in [0.2, 0.25) is 0 Å². The van der Waals surface area contributed by atoms with Crippen LogP contribution in [-0.2, 0) is 6.42 Å². The summed E-state index contributed by atoms with van der Waals surface area (Å²) in [6, 6.07) is 21.4. The summed E-state index contributed by atoms with van der Waals surface area (Å²) in [5.41, 5.74) is 4.57. The fraction of sp³-hybridized carbons (Fsp3) is 0.222. The molecule has 0 aliphatic carbocycles. The Morgan fingerprint density at radius 1 is 1.12 bits per heavy atom. The number of ether oxygens (including phenoxy) is 1. The molecule has 170 valence electrons. The van der Waals surface area contributed by atoms with E-state index in [9.17, 15) is 9.90 Å². The molecule has 1 amide bonds. The predicted molar refractivity (Wildman–Crippen MR) is 135 cm³/mol. The monoisotopic (exact) mass is 460 g/mol. The van der Waals surface area contributed by atoms with E-state index in [0.717, 1.165) is 32.5 Å². The zero-order valence-electron chi connectivity index (χ0n) is 18.8. The zero-order valence-corrected chi connectivity index (χ0v) is 19.6. The molecule has 4 rings (SSSR count). The fourth-order valence-electron chi connectivity index (χ4n) is 4.03. The fourth-order valence-corrected chi connectivity index (χ4v) is 4.65. The predicted octanol–water partition coefficient (Wildman–Crippen LogP) is 5.29. The number of hydrogen-bond donors (Lipinski definition) is 3. The molecule has 0 radical (unpaired) electrons. The van der Waals surface area contributed by atoms with E-state index in [-0.39, 0.29) is 12.5 Å². The minimum atomic E-state index is -0.423. The number of aromatic nitrogens is 1. The van der Waals surface area contributed by atoms with Gasteiger partial charge < -0.3 is 20.1 Å². The van der Waals surface area contributed by atoms with E-state index < -0.39 is 6.04 Å². The van der Waals surface area contributed by atoms with E-state index in [1.807, 2.05) is 74.0 Å². The minimum Gasteiger partial charge on any atom is -0.493 e. The first-order chi connectivity index (χ1) is 16.1. The van der Waals surface area contributed by atoms with Crippen molar-refractivity contribution in [1.29, 1.82) is 0 Å². The topological polar surface area (TPSA) is 74.3 Å². The summed E-state index contributed by atoms with van der Waals surface area (Å²) in [7, 11) is 0. The molecule has 0 bridgehead atoms. The number of carbonyl (C=O) groups excluding carboxylic acids is 1. The zero-order chi connectivity index (χ0) is 23.2. The molecule has 1 aromatic heterocycles. The van der Waals surface area contributed by atoms with Crippen LogP contribution in [0.1, 0.15) is 22.8 Å². The Balaban J connectivity index is 1.61. The molecule has 3 aromatic carbocycles. The summed E-state index contributed by atoms with van der Waals surface area (Å²) < 4.78 is 5.75. The first-order valence-corrected chi connectivity index (χ1v) is 12.2. The molecule has 0 saturated carbocycles. The standard InChI is InChI=1S/C27H28N2O3S/c1-3-32-25-13-12-18(22-9-5-7-11-26(22)33-2)15-23(25)27(31)29-20(17-30)14-19-16-28-24-10-6-4-8-21(19)24/h4-13,15-16,20,28,30H,3,14,17H2,1-2H3,(H,29,31). The lowest BCUT2D eigenvalue weighted by Crippen LogP contribution is -2.39. The van der Waals surface area contributed by atoms with Crippen molar-refractivity contribution in [3.63, 3.8) is 0 Å². The second kappa shape index (κ2) is 10.6. The molecule has 0 saturated heterocycles. The molecule has 0 fully saturated rings. The van der Waals surface area contributed by atoms with Crippen LogP contribution in [0.25, 0.3) is 22.0 Å². The number of aliphatic hydroxyl groups is 1. The number of thioether (sulfide) groups is 1. The Hall–Kier alpha value is -3.22. The number of rotatable bonds is 9. The molecule has 6 heteroatoms. The van der Waals surface area contributed by atoms with Crippen molar-refractivity contribution in [2.75, 3.05) is 19.5 Å². The van der Waals surface area contributed by atoms with Gasteiger partial charge in [-0.1, -0.05) is 42.5 Å². The van der Waals surface area contributed by atoms with Crippen LogP contribution in [0.4, 0.5) is 0 Å². The van der Waals surface area contributed by atoms with Crippen LogP contribution in [0.15, 0.2) is 77.8 Å². The number of aliphatic hydroxyl groups excluding tert-OH is 1. The maximum absolute atomic E-state index is 13.3. The highest BCUT2D eigenvalue weighted by Crippen LogP contribution is 2.33. The van der Waals surface area contributed by atoms with Gasteiger partial charge >= 0.3 is 0 Å². The quantitative estimate of drug-likeness (QED) is 0.297. The van der Waals surface area contributed by atoms with E-state index >= 15 is 0 Å². The summed E-state index contributed by atoms with van der Waals surface area (Å²) in [4.78, 5) is 17.7. The molecule has 0 aliphatic heterocycles. The Labute approximate surface area is 198 Å².